The number of anilines is 1. The number of nitrogen functional groups attached to an aromatic ring is 1. The van der Waals surface area contributed by atoms with Crippen molar-refractivity contribution in [2.24, 2.45) is 11.8 Å². The van der Waals surface area contributed by atoms with E-state index in [-0.39, 0.29) is 11.7 Å². The summed E-state index contributed by atoms with van der Waals surface area (Å²) in [5.74, 6) is 1.49. The number of amides is 1. The van der Waals surface area contributed by atoms with Gasteiger partial charge in [-0.1, -0.05) is 19.9 Å². The van der Waals surface area contributed by atoms with Crippen molar-refractivity contribution in [1.82, 2.24) is 4.90 Å². The van der Waals surface area contributed by atoms with E-state index in [0.29, 0.717) is 30.4 Å². The van der Waals surface area contributed by atoms with Crippen molar-refractivity contribution in [2.75, 3.05) is 18.8 Å². The first kappa shape index (κ1) is 14.7. The van der Waals surface area contributed by atoms with Gasteiger partial charge in [-0.15, -0.1) is 0 Å². The molecule has 1 heterocycles. The van der Waals surface area contributed by atoms with Crippen LogP contribution in [0.3, 0.4) is 0 Å². The van der Waals surface area contributed by atoms with E-state index >= 15 is 0 Å². The van der Waals surface area contributed by atoms with E-state index in [1.165, 1.54) is 6.42 Å². The summed E-state index contributed by atoms with van der Waals surface area (Å²) in [6.07, 6.45) is 2.38. The Balaban J connectivity index is 1.89. The van der Waals surface area contributed by atoms with Crippen LogP contribution in [-0.2, 0) is 11.2 Å². The number of hydrogen-bond acceptors (Lipinski definition) is 3. The summed E-state index contributed by atoms with van der Waals surface area (Å²) >= 11 is 0. The number of likely N-dealkylation sites (tertiary alicyclic amines) is 1. The molecule has 110 valence electrons. The molecule has 0 saturated carbocycles. The smallest absolute Gasteiger partial charge is 0.222 e. The first-order valence-electron chi connectivity index (χ1n) is 7.31. The fraction of sp³-hybridized carbons (Fsp3) is 0.562. The first-order chi connectivity index (χ1) is 9.45. The highest BCUT2D eigenvalue weighted by atomic mass is 16.3. The fourth-order valence-electron chi connectivity index (χ4n) is 3.04. The predicted molar refractivity (Wildman–Crippen MR) is 80.4 cm³/mol. The van der Waals surface area contributed by atoms with Crippen molar-refractivity contribution < 1.29 is 9.90 Å². The highest BCUT2D eigenvalue weighted by molar-refractivity contribution is 5.76. The highest BCUT2D eigenvalue weighted by Gasteiger charge is 2.24. The van der Waals surface area contributed by atoms with Gasteiger partial charge in [-0.05, 0) is 42.4 Å². The largest absolute Gasteiger partial charge is 0.506 e. The number of rotatable bonds is 3. The average Bonchev–Trinajstić information content (AvgIpc) is 2.38. The fourth-order valence-corrected chi connectivity index (χ4v) is 3.04. The summed E-state index contributed by atoms with van der Waals surface area (Å²) in [5, 5.41) is 9.38. The monoisotopic (exact) mass is 276 g/mol. The lowest BCUT2D eigenvalue weighted by molar-refractivity contribution is -0.133. The molecule has 1 aromatic rings. The lowest BCUT2D eigenvalue weighted by Gasteiger charge is -2.35. The van der Waals surface area contributed by atoms with Crippen molar-refractivity contribution >= 4 is 11.6 Å². The minimum atomic E-state index is 0.0961. The molecule has 2 rings (SSSR count). The lowest BCUT2D eigenvalue weighted by Crippen LogP contribution is -2.42. The van der Waals surface area contributed by atoms with Crippen LogP contribution in [0.1, 0.15) is 32.3 Å². The maximum atomic E-state index is 12.3. The van der Waals surface area contributed by atoms with E-state index in [1.807, 2.05) is 11.0 Å². The summed E-state index contributed by atoms with van der Waals surface area (Å²) in [6, 6.07) is 5.14. The SMILES string of the molecule is CC1CC(C)CN(C(=O)CCc2ccc(O)c(N)c2)C1. The molecule has 0 spiro atoms. The second-order valence-corrected chi connectivity index (χ2v) is 6.14. The van der Waals surface area contributed by atoms with Crippen molar-refractivity contribution in [3.63, 3.8) is 0 Å². The van der Waals surface area contributed by atoms with Crippen LogP contribution in [0.4, 0.5) is 5.69 Å². The van der Waals surface area contributed by atoms with Gasteiger partial charge in [0.1, 0.15) is 5.75 Å². The van der Waals surface area contributed by atoms with Gasteiger partial charge in [-0.25, -0.2) is 0 Å². The lowest BCUT2D eigenvalue weighted by atomic mass is 9.91. The minimum Gasteiger partial charge on any atom is -0.506 e. The minimum absolute atomic E-state index is 0.0961. The number of benzene rings is 1. The molecule has 0 aromatic heterocycles. The quantitative estimate of drug-likeness (QED) is 0.658. The van der Waals surface area contributed by atoms with Crippen LogP contribution in [0.25, 0.3) is 0 Å². The van der Waals surface area contributed by atoms with E-state index < -0.39 is 0 Å². The molecule has 4 heteroatoms. The van der Waals surface area contributed by atoms with Gasteiger partial charge in [0.05, 0.1) is 5.69 Å². The van der Waals surface area contributed by atoms with Gasteiger partial charge in [-0.3, -0.25) is 4.79 Å². The second-order valence-electron chi connectivity index (χ2n) is 6.14. The third-order valence-electron chi connectivity index (χ3n) is 3.94. The third-order valence-corrected chi connectivity index (χ3v) is 3.94. The standard InChI is InChI=1S/C16H24N2O2/c1-11-7-12(2)10-18(9-11)16(20)6-4-13-3-5-15(19)14(17)8-13/h3,5,8,11-12,19H,4,6-7,9-10,17H2,1-2H3. The molecule has 1 aliphatic heterocycles. The molecule has 1 aliphatic rings. The Kier molecular flexibility index (Phi) is 4.53. The van der Waals surface area contributed by atoms with Gasteiger partial charge >= 0.3 is 0 Å². The molecule has 1 amide bonds. The van der Waals surface area contributed by atoms with Crippen molar-refractivity contribution in [3.05, 3.63) is 23.8 Å². The molecule has 2 atom stereocenters. The number of aryl methyl sites for hydroxylation is 1. The number of hydrogen-bond donors (Lipinski definition) is 2. The number of phenols is 1. The van der Waals surface area contributed by atoms with Crippen molar-refractivity contribution in [2.45, 2.75) is 33.1 Å². The maximum Gasteiger partial charge on any atom is 0.222 e. The number of phenolic OH excluding ortho intramolecular Hbond substituents is 1. The molecular weight excluding hydrogens is 252 g/mol. The zero-order chi connectivity index (χ0) is 14.7. The van der Waals surface area contributed by atoms with Gasteiger partial charge in [0.15, 0.2) is 0 Å². The molecule has 0 aliphatic carbocycles. The van der Waals surface area contributed by atoms with Crippen LogP contribution in [0.15, 0.2) is 18.2 Å². The van der Waals surface area contributed by atoms with Gasteiger partial charge in [-0.2, -0.15) is 0 Å². The number of carbonyl (C=O) groups excluding carboxylic acids is 1. The van der Waals surface area contributed by atoms with Gasteiger partial charge < -0.3 is 15.7 Å². The van der Waals surface area contributed by atoms with Gasteiger partial charge in [0, 0.05) is 19.5 Å². The van der Waals surface area contributed by atoms with Crippen molar-refractivity contribution in [1.29, 1.82) is 0 Å². The first-order valence-corrected chi connectivity index (χ1v) is 7.31. The third kappa shape index (κ3) is 3.65. The zero-order valence-electron chi connectivity index (χ0n) is 12.3. The molecule has 1 saturated heterocycles. The zero-order valence-corrected chi connectivity index (χ0v) is 12.3. The average molecular weight is 276 g/mol. The summed E-state index contributed by atoms with van der Waals surface area (Å²) in [6.45, 7) is 6.16. The molecule has 20 heavy (non-hydrogen) atoms. The Morgan fingerprint density at radius 1 is 1.35 bits per heavy atom. The maximum absolute atomic E-state index is 12.3. The molecule has 2 unspecified atom stereocenters. The molecule has 1 aromatic carbocycles. The predicted octanol–water partition coefficient (Wildman–Crippen LogP) is 2.41. The van der Waals surface area contributed by atoms with Crippen LogP contribution < -0.4 is 5.73 Å². The Labute approximate surface area is 120 Å². The van der Waals surface area contributed by atoms with E-state index in [4.69, 9.17) is 5.73 Å². The van der Waals surface area contributed by atoms with Crippen LogP contribution in [0.5, 0.6) is 5.75 Å². The van der Waals surface area contributed by atoms with E-state index in [1.54, 1.807) is 12.1 Å². The Morgan fingerprint density at radius 2 is 2.00 bits per heavy atom. The number of nitrogens with two attached hydrogens (primary N) is 1. The van der Waals surface area contributed by atoms with E-state index in [0.717, 1.165) is 18.7 Å². The van der Waals surface area contributed by atoms with E-state index in [2.05, 4.69) is 13.8 Å². The summed E-state index contributed by atoms with van der Waals surface area (Å²) in [5.41, 5.74) is 7.02. The Bertz CT molecular complexity index is 477. The van der Waals surface area contributed by atoms with Crippen LogP contribution in [0, 0.1) is 11.8 Å². The number of carbonyl (C=O) groups is 1. The highest BCUT2D eigenvalue weighted by Crippen LogP contribution is 2.23. The van der Waals surface area contributed by atoms with Gasteiger partial charge in [0.25, 0.3) is 0 Å². The van der Waals surface area contributed by atoms with Gasteiger partial charge in [0.2, 0.25) is 5.91 Å². The molecule has 3 N–H and O–H groups in total. The van der Waals surface area contributed by atoms with E-state index in [9.17, 15) is 9.90 Å². The summed E-state index contributed by atoms with van der Waals surface area (Å²) < 4.78 is 0. The normalized spacial score (nSPS) is 22.8. The van der Waals surface area contributed by atoms with Crippen molar-refractivity contribution in [3.8, 4) is 5.75 Å². The number of piperidine rings is 1. The van der Waals surface area contributed by atoms with Crippen LogP contribution >= 0.6 is 0 Å². The number of nitrogens with zero attached hydrogens (tertiary/aromatic N) is 1. The molecule has 4 nitrogen and oxygen atoms in total. The number of aromatic hydroxyl groups is 1. The molecule has 0 bridgehead atoms. The molecule has 0 radical (unpaired) electrons. The Hall–Kier alpha value is -1.71. The summed E-state index contributed by atoms with van der Waals surface area (Å²) in [4.78, 5) is 14.2. The van der Waals surface area contributed by atoms with Crippen LogP contribution in [-0.4, -0.2) is 29.0 Å². The summed E-state index contributed by atoms with van der Waals surface area (Å²) in [7, 11) is 0. The molecule has 1 fully saturated rings. The topological polar surface area (TPSA) is 66.6 Å². The second kappa shape index (κ2) is 6.16. The Morgan fingerprint density at radius 3 is 2.60 bits per heavy atom. The van der Waals surface area contributed by atoms with Crippen LogP contribution in [0.2, 0.25) is 0 Å². The molecular formula is C16H24N2O2.